The fraction of sp³-hybridized carbons (Fsp3) is 0.143. The van der Waals surface area contributed by atoms with Crippen LogP contribution in [0.5, 0.6) is 11.5 Å². The van der Waals surface area contributed by atoms with Crippen LogP contribution in [0.15, 0.2) is 93.9 Å². The first-order chi connectivity index (χ1) is 17.0. The lowest BCUT2D eigenvalue weighted by molar-refractivity contribution is -0.186. The van der Waals surface area contributed by atoms with Crippen LogP contribution in [0.25, 0.3) is 11.1 Å². The van der Waals surface area contributed by atoms with Crippen LogP contribution in [0.2, 0.25) is 0 Å². The molecule has 0 fully saturated rings. The smallest absolute Gasteiger partial charge is 0.426 e. The maximum atomic E-state index is 14.9. The van der Waals surface area contributed by atoms with Gasteiger partial charge in [0.05, 0.1) is 11.1 Å². The summed E-state index contributed by atoms with van der Waals surface area (Å²) in [5, 5.41) is 0. The first-order valence-corrected chi connectivity index (χ1v) is 12.4. The number of rotatable bonds is 7. The van der Waals surface area contributed by atoms with E-state index in [9.17, 15) is 17.6 Å². The zero-order chi connectivity index (χ0) is 26.1. The Bertz CT molecular complexity index is 1260. The average molecular weight is 624 g/mol. The van der Waals surface area contributed by atoms with E-state index in [0.717, 1.165) is 0 Å². The van der Waals surface area contributed by atoms with Crippen LogP contribution in [-0.2, 0) is 12.2 Å². The first-order valence-electron chi connectivity index (χ1n) is 10.8. The predicted molar refractivity (Wildman–Crippen MR) is 139 cm³/mol. The molecule has 186 valence electrons. The molecule has 0 heterocycles. The van der Waals surface area contributed by atoms with Gasteiger partial charge in [-0.15, -0.1) is 0 Å². The van der Waals surface area contributed by atoms with E-state index in [-0.39, 0.29) is 22.6 Å². The van der Waals surface area contributed by atoms with Crippen molar-refractivity contribution in [2.75, 3.05) is 0 Å². The highest BCUT2D eigenvalue weighted by molar-refractivity contribution is 9.10. The van der Waals surface area contributed by atoms with Gasteiger partial charge < -0.3 is 9.47 Å². The number of benzene rings is 4. The van der Waals surface area contributed by atoms with E-state index in [4.69, 9.17) is 9.47 Å². The van der Waals surface area contributed by atoms with E-state index < -0.39 is 12.2 Å². The summed E-state index contributed by atoms with van der Waals surface area (Å²) in [6, 6.07) is 20.6. The molecule has 0 bridgehead atoms. The van der Waals surface area contributed by atoms with Gasteiger partial charge in [-0.25, -0.2) is 0 Å². The maximum absolute atomic E-state index is 14.9. The van der Waals surface area contributed by atoms with E-state index in [0.29, 0.717) is 31.2 Å². The van der Waals surface area contributed by atoms with Crippen molar-refractivity contribution < 1.29 is 27.0 Å². The van der Waals surface area contributed by atoms with Gasteiger partial charge in [0.1, 0.15) is 11.5 Å². The number of alkyl halides is 4. The molecule has 0 aromatic heterocycles. The molecule has 0 unspecified atom stereocenters. The molecule has 0 aliphatic carbocycles. The van der Waals surface area contributed by atoms with Gasteiger partial charge in [0.25, 0.3) is 0 Å². The fourth-order valence-electron chi connectivity index (χ4n) is 3.72. The molecule has 0 amide bonds. The van der Waals surface area contributed by atoms with Gasteiger partial charge in [-0.1, -0.05) is 56.1 Å². The third-order valence-corrected chi connectivity index (χ3v) is 6.75. The largest absolute Gasteiger partial charge is 0.429 e. The molecule has 4 aromatic carbocycles. The van der Waals surface area contributed by atoms with Crippen molar-refractivity contribution in [3.05, 3.63) is 116 Å². The second-order valence-electron chi connectivity index (χ2n) is 8.11. The second kappa shape index (κ2) is 10.3. The minimum Gasteiger partial charge on any atom is -0.429 e. The minimum atomic E-state index is -3.57. The molecular weight excluding hydrogens is 604 g/mol. The molecular formula is C28H20Br2F4O2. The van der Waals surface area contributed by atoms with Gasteiger partial charge in [-0.05, 0) is 96.8 Å². The summed E-state index contributed by atoms with van der Waals surface area (Å²) in [6.07, 6.45) is -7.15. The third-order valence-electron chi connectivity index (χ3n) is 5.70. The molecule has 4 rings (SSSR count). The van der Waals surface area contributed by atoms with Crippen molar-refractivity contribution in [1.29, 1.82) is 0 Å². The Balaban J connectivity index is 1.65. The minimum absolute atomic E-state index is 0.0219. The lowest BCUT2D eigenvalue weighted by atomic mass is 9.95. The van der Waals surface area contributed by atoms with Crippen LogP contribution < -0.4 is 9.47 Å². The number of hydrogen-bond acceptors (Lipinski definition) is 2. The number of ether oxygens (including phenoxy) is 2. The monoisotopic (exact) mass is 622 g/mol. The van der Waals surface area contributed by atoms with Crippen molar-refractivity contribution in [1.82, 2.24) is 0 Å². The van der Waals surface area contributed by atoms with Crippen molar-refractivity contribution >= 4 is 31.9 Å². The molecule has 0 spiro atoms. The molecule has 2 nitrogen and oxygen atoms in total. The van der Waals surface area contributed by atoms with Crippen molar-refractivity contribution in [2.45, 2.75) is 26.1 Å². The predicted octanol–water partition coefficient (Wildman–Crippen LogP) is 9.75. The third kappa shape index (κ3) is 5.60. The Hall–Kier alpha value is -2.84. The topological polar surface area (TPSA) is 18.5 Å². The maximum Gasteiger partial charge on any atom is 0.426 e. The Labute approximate surface area is 223 Å². The van der Waals surface area contributed by atoms with Crippen molar-refractivity contribution in [3.8, 4) is 22.6 Å². The van der Waals surface area contributed by atoms with Gasteiger partial charge in [-0.3, -0.25) is 0 Å². The lowest BCUT2D eigenvalue weighted by Gasteiger charge is -2.23. The average Bonchev–Trinajstić information content (AvgIpc) is 2.82. The molecule has 4 aromatic rings. The molecule has 36 heavy (non-hydrogen) atoms. The Kier molecular flexibility index (Phi) is 7.48. The van der Waals surface area contributed by atoms with Gasteiger partial charge in [0, 0.05) is 8.95 Å². The van der Waals surface area contributed by atoms with Crippen molar-refractivity contribution in [3.63, 3.8) is 0 Å². The highest BCUT2D eigenvalue weighted by atomic mass is 79.9. The standard InChI is InChI=1S/C28H20Br2F4O2/c1-17-23(5-3-7-25(17)35-27(31,32)19-9-13-21(29)14-10-19)24-6-4-8-26(18(24)2)36-28(33,34)20-11-15-22(30)16-12-20/h3-16H,1-2H3. The van der Waals surface area contributed by atoms with Crippen LogP contribution in [0.4, 0.5) is 17.6 Å². The van der Waals surface area contributed by atoms with Gasteiger partial charge >= 0.3 is 12.2 Å². The second-order valence-corrected chi connectivity index (χ2v) is 9.94. The summed E-state index contributed by atoms with van der Waals surface area (Å²) in [5.41, 5.74) is 1.42. The summed E-state index contributed by atoms with van der Waals surface area (Å²) in [4.78, 5) is 0. The van der Waals surface area contributed by atoms with Crippen LogP contribution >= 0.6 is 31.9 Å². The van der Waals surface area contributed by atoms with E-state index in [2.05, 4.69) is 31.9 Å². The molecule has 0 aliphatic heterocycles. The highest BCUT2D eigenvalue weighted by Gasteiger charge is 2.36. The molecule has 0 atom stereocenters. The van der Waals surface area contributed by atoms with E-state index in [1.54, 1.807) is 38.1 Å². The molecule has 0 saturated carbocycles. The summed E-state index contributed by atoms with van der Waals surface area (Å²) in [7, 11) is 0. The highest BCUT2D eigenvalue weighted by Crippen LogP contribution is 2.41. The van der Waals surface area contributed by atoms with E-state index in [1.807, 2.05) is 0 Å². The normalized spacial score (nSPS) is 11.9. The molecule has 8 heteroatoms. The first kappa shape index (κ1) is 26.2. The molecule has 0 N–H and O–H groups in total. The number of hydrogen-bond donors (Lipinski definition) is 0. The summed E-state index contributed by atoms with van der Waals surface area (Å²) in [6.45, 7) is 3.29. The quantitative estimate of drug-likeness (QED) is 0.191. The van der Waals surface area contributed by atoms with Crippen LogP contribution in [0.3, 0.4) is 0 Å². The summed E-state index contributed by atoms with van der Waals surface area (Å²) in [5.74, 6) is -0.0438. The summed E-state index contributed by atoms with van der Waals surface area (Å²) >= 11 is 6.46. The van der Waals surface area contributed by atoms with E-state index >= 15 is 0 Å². The molecule has 0 saturated heterocycles. The number of halogens is 6. The van der Waals surface area contributed by atoms with Gasteiger partial charge in [-0.2, -0.15) is 17.6 Å². The van der Waals surface area contributed by atoms with Crippen LogP contribution in [0, 0.1) is 13.8 Å². The van der Waals surface area contributed by atoms with Crippen molar-refractivity contribution in [2.24, 2.45) is 0 Å². The van der Waals surface area contributed by atoms with E-state index in [1.165, 1.54) is 60.7 Å². The molecule has 0 aliphatic rings. The lowest BCUT2D eigenvalue weighted by Crippen LogP contribution is -2.22. The Morgan fingerprint density at radius 1 is 0.528 bits per heavy atom. The Morgan fingerprint density at radius 3 is 1.19 bits per heavy atom. The van der Waals surface area contributed by atoms with Gasteiger partial charge in [0.15, 0.2) is 0 Å². The SMILES string of the molecule is Cc1c(OC(F)(F)c2ccc(Br)cc2)cccc1-c1cccc(OC(F)(F)c2ccc(Br)cc2)c1C. The van der Waals surface area contributed by atoms with Crippen LogP contribution in [0.1, 0.15) is 22.3 Å². The zero-order valence-corrected chi connectivity index (χ0v) is 22.3. The van der Waals surface area contributed by atoms with Gasteiger partial charge in [0.2, 0.25) is 0 Å². The van der Waals surface area contributed by atoms with Crippen LogP contribution in [-0.4, -0.2) is 0 Å². The molecule has 0 radical (unpaired) electrons. The zero-order valence-electron chi connectivity index (χ0n) is 19.2. The summed E-state index contributed by atoms with van der Waals surface area (Å²) < 4.78 is 71.0. The fourth-order valence-corrected chi connectivity index (χ4v) is 4.24. The Morgan fingerprint density at radius 2 is 0.861 bits per heavy atom.